The van der Waals surface area contributed by atoms with Gasteiger partial charge in [0.15, 0.2) is 0 Å². The van der Waals surface area contributed by atoms with Crippen molar-refractivity contribution in [3.05, 3.63) is 83.8 Å². The van der Waals surface area contributed by atoms with Crippen molar-refractivity contribution in [1.29, 1.82) is 0 Å². The molecule has 1 heterocycles. The zero-order valence-corrected chi connectivity index (χ0v) is 13.6. The van der Waals surface area contributed by atoms with Crippen LogP contribution in [0.4, 0.5) is 4.39 Å². The highest BCUT2D eigenvalue weighted by molar-refractivity contribution is 5.85. The summed E-state index contributed by atoms with van der Waals surface area (Å²) in [6.07, 6.45) is 1.85. The first kappa shape index (κ1) is 14.6. The first-order chi connectivity index (χ1) is 11.6. The van der Waals surface area contributed by atoms with Gasteiger partial charge in [0.25, 0.3) is 0 Å². The van der Waals surface area contributed by atoms with E-state index in [9.17, 15) is 4.39 Å². The van der Waals surface area contributed by atoms with Gasteiger partial charge in [-0.25, -0.2) is 9.07 Å². The largest absolute Gasteiger partial charge is 0.233 e. The Hall–Kier alpha value is -2.94. The molecule has 118 valence electrons. The number of aromatic nitrogens is 2. The molecule has 0 radical (unpaired) electrons. The summed E-state index contributed by atoms with van der Waals surface area (Å²) < 4.78 is 15.3. The van der Waals surface area contributed by atoms with Gasteiger partial charge in [-0.2, -0.15) is 5.10 Å². The normalized spacial score (nSPS) is 11.1. The van der Waals surface area contributed by atoms with Crippen molar-refractivity contribution in [2.45, 2.75) is 13.8 Å². The van der Waals surface area contributed by atoms with Crippen LogP contribution in [0.1, 0.15) is 11.1 Å². The third-order valence-electron chi connectivity index (χ3n) is 4.31. The van der Waals surface area contributed by atoms with Crippen LogP contribution in [-0.4, -0.2) is 9.78 Å². The maximum absolute atomic E-state index is 13.5. The zero-order chi connectivity index (χ0) is 16.7. The SMILES string of the molecule is Cc1cccc(-c2ccc3c(cnn3-c3ccc(F)c(C)c3)c2)c1. The summed E-state index contributed by atoms with van der Waals surface area (Å²) in [5.41, 5.74) is 6.10. The van der Waals surface area contributed by atoms with E-state index in [1.165, 1.54) is 22.8 Å². The minimum atomic E-state index is -0.197. The summed E-state index contributed by atoms with van der Waals surface area (Å²) in [6.45, 7) is 3.86. The number of benzene rings is 3. The van der Waals surface area contributed by atoms with Crippen LogP contribution >= 0.6 is 0 Å². The third-order valence-corrected chi connectivity index (χ3v) is 4.31. The van der Waals surface area contributed by atoms with Crippen molar-refractivity contribution >= 4 is 10.9 Å². The Bertz CT molecular complexity index is 1050. The number of rotatable bonds is 2. The molecule has 24 heavy (non-hydrogen) atoms. The van der Waals surface area contributed by atoms with Gasteiger partial charge in [-0.3, -0.25) is 0 Å². The Balaban J connectivity index is 1.82. The van der Waals surface area contributed by atoms with Crippen molar-refractivity contribution in [3.63, 3.8) is 0 Å². The minimum Gasteiger partial charge on any atom is -0.233 e. The molecule has 4 aromatic rings. The van der Waals surface area contributed by atoms with E-state index in [1.54, 1.807) is 13.0 Å². The molecule has 3 aromatic carbocycles. The van der Waals surface area contributed by atoms with Crippen molar-refractivity contribution < 1.29 is 4.39 Å². The summed E-state index contributed by atoms with van der Waals surface area (Å²) in [6, 6.07) is 19.8. The lowest BCUT2D eigenvalue weighted by atomic mass is 10.0. The molecular formula is C21H17FN2. The Kier molecular flexibility index (Phi) is 3.42. The smallest absolute Gasteiger partial charge is 0.126 e. The molecule has 0 bridgehead atoms. The fraction of sp³-hybridized carbons (Fsp3) is 0.0952. The van der Waals surface area contributed by atoms with Crippen molar-refractivity contribution in [2.75, 3.05) is 0 Å². The summed E-state index contributed by atoms with van der Waals surface area (Å²) in [7, 11) is 0. The summed E-state index contributed by atoms with van der Waals surface area (Å²) >= 11 is 0. The number of hydrogen-bond acceptors (Lipinski definition) is 1. The Morgan fingerprint density at radius 1 is 0.875 bits per heavy atom. The molecule has 0 unspecified atom stereocenters. The van der Waals surface area contributed by atoms with Gasteiger partial charge in [0.05, 0.1) is 17.4 Å². The molecule has 0 aliphatic rings. The van der Waals surface area contributed by atoms with Gasteiger partial charge in [-0.1, -0.05) is 35.9 Å². The lowest BCUT2D eigenvalue weighted by molar-refractivity contribution is 0.617. The molecule has 0 saturated carbocycles. The summed E-state index contributed by atoms with van der Waals surface area (Å²) in [4.78, 5) is 0. The fourth-order valence-corrected chi connectivity index (χ4v) is 3.00. The number of hydrogen-bond donors (Lipinski definition) is 0. The maximum Gasteiger partial charge on any atom is 0.126 e. The van der Waals surface area contributed by atoms with Gasteiger partial charge in [-0.15, -0.1) is 0 Å². The number of fused-ring (bicyclic) bond motifs is 1. The molecule has 0 aliphatic carbocycles. The molecule has 0 fully saturated rings. The van der Waals surface area contributed by atoms with Crippen LogP contribution in [0.2, 0.25) is 0 Å². The van der Waals surface area contributed by atoms with Crippen molar-refractivity contribution in [1.82, 2.24) is 9.78 Å². The van der Waals surface area contributed by atoms with Gasteiger partial charge in [0, 0.05) is 5.39 Å². The second kappa shape index (κ2) is 5.60. The van der Waals surface area contributed by atoms with Crippen molar-refractivity contribution in [2.24, 2.45) is 0 Å². The third kappa shape index (κ3) is 2.48. The standard InChI is InChI=1S/C21H17FN2/c1-14-4-3-5-16(10-14)17-6-9-21-18(12-17)13-23-24(21)19-7-8-20(22)15(2)11-19/h3-13H,1-2H3. The quantitative estimate of drug-likeness (QED) is 0.481. The van der Waals surface area contributed by atoms with E-state index in [2.05, 4.69) is 54.5 Å². The molecule has 0 saturated heterocycles. The highest BCUT2D eigenvalue weighted by Gasteiger charge is 2.08. The predicted octanol–water partition coefficient (Wildman–Crippen LogP) is 5.45. The van der Waals surface area contributed by atoms with Crippen LogP contribution in [-0.2, 0) is 0 Å². The molecule has 0 N–H and O–H groups in total. The number of halogens is 1. The summed E-state index contributed by atoms with van der Waals surface area (Å²) in [5.74, 6) is -0.197. The monoisotopic (exact) mass is 316 g/mol. The lowest BCUT2D eigenvalue weighted by Gasteiger charge is -2.07. The van der Waals surface area contributed by atoms with E-state index in [0.29, 0.717) is 5.56 Å². The number of nitrogens with zero attached hydrogens (tertiary/aromatic N) is 2. The van der Waals surface area contributed by atoms with Crippen LogP contribution in [0.3, 0.4) is 0 Å². The van der Waals surface area contributed by atoms with Gasteiger partial charge < -0.3 is 0 Å². The van der Waals surface area contributed by atoms with E-state index in [1.807, 2.05) is 16.9 Å². The predicted molar refractivity (Wildman–Crippen MR) is 95.9 cm³/mol. The molecule has 3 heteroatoms. The molecule has 0 atom stereocenters. The molecule has 0 spiro atoms. The molecule has 2 nitrogen and oxygen atoms in total. The van der Waals surface area contributed by atoms with Crippen LogP contribution in [0, 0.1) is 19.7 Å². The Morgan fingerprint density at radius 3 is 2.50 bits per heavy atom. The highest BCUT2D eigenvalue weighted by atomic mass is 19.1. The van der Waals surface area contributed by atoms with E-state index in [0.717, 1.165) is 16.6 Å². The lowest BCUT2D eigenvalue weighted by Crippen LogP contribution is -1.97. The molecule has 0 amide bonds. The van der Waals surface area contributed by atoms with E-state index in [-0.39, 0.29) is 5.82 Å². The average molecular weight is 316 g/mol. The van der Waals surface area contributed by atoms with Crippen LogP contribution in [0.25, 0.3) is 27.7 Å². The molecule has 0 aliphatic heterocycles. The van der Waals surface area contributed by atoms with Gasteiger partial charge in [0.2, 0.25) is 0 Å². The average Bonchev–Trinajstić information content (AvgIpc) is 3.00. The van der Waals surface area contributed by atoms with Crippen molar-refractivity contribution in [3.8, 4) is 16.8 Å². The molecular weight excluding hydrogens is 299 g/mol. The fourth-order valence-electron chi connectivity index (χ4n) is 3.00. The minimum absolute atomic E-state index is 0.197. The highest BCUT2D eigenvalue weighted by Crippen LogP contribution is 2.26. The van der Waals surface area contributed by atoms with Crippen LogP contribution in [0.15, 0.2) is 66.9 Å². The zero-order valence-electron chi connectivity index (χ0n) is 13.6. The second-order valence-corrected chi connectivity index (χ2v) is 6.13. The van der Waals surface area contributed by atoms with E-state index >= 15 is 0 Å². The van der Waals surface area contributed by atoms with Crippen LogP contribution in [0.5, 0.6) is 0 Å². The van der Waals surface area contributed by atoms with Gasteiger partial charge in [0.1, 0.15) is 5.82 Å². The summed E-state index contributed by atoms with van der Waals surface area (Å²) in [5, 5.41) is 5.55. The van der Waals surface area contributed by atoms with Crippen LogP contribution < -0.4 is 0 Å². The maximum atomic E-state index is 13.5. The van der Waals surface area contributed by atoms with E-state index < -0.39 is 0 Å². The van der Waals surface area contributed by atoms with Gasteiger partial charge >= 0.3 is 0 Å². The Labute approximate surface area is 140 Å². The topological polar surface area (TPSA) is 17.8 Å². The first-order valence-corrected chi connectivity index (χ1v) is 7.93. The van der Waals surface area contributed by atoms with E-state index in [4.69, 9.17) is 0 Å². The van der Waals surface area contributed by atoms with Gasteiger partial charge in [-0.05, 0) is 60.9 Å². The molecule has 4 rings (SSSR count). The molecule has 1 aromatic heterocycles. The second-order valence-electron chi connectivity index (χ2n) is 6.13. The number of aryl methyl sites for hydroxylation is 2. The first-order valence-electron chi connectivity index (χ1n) is 7.93. The Morgan fingerprint density at radius 2 is 1.71 bits per heavy atom.